The highest BCUT2D eigenvalue weighted by atomic mass is 32.1. The molecule has 2 rings (SSSR count). The van der Waals surface area contributed by atoms with E-state index in [4.69, 9.17) is 5.73 Å². The van der Waals surface area contributed by atoms with Gasteiger partial charge in [0.2, 0.25) is 5.91 Å². The molecule has 7 heteroatoms. The maximum atomic E-state index is 11.9. The molecule has 6 nitrogen and oxygen atoms in total. The Bertz CT molecular complexity index is 648. The van der Waals surface area contributed by atoms with Crippen LogP contribution in [0.15, 0.2) is 16.2 Å². The third kappa shape index (κ3) is 2.82. The Labute approximate surface area is 114 Å². The van der Waals surface area contributed by atoms with Crippen molar-refractivity contribution >= 4 is 27.5 Å². The summed E-state index contributed by atoms with van der Waals surface area (Å²) >= 11 is 1.35. The van der Waals surface area contributed by atoms with Gasteiger partial charge in [-0.25, -0.2) is 4.98 Å². The number of nitrogens with two attached hydrogens (primary N) is 1. The number of fused-ring (bicyclic) bond motifs is 1. The number of carbonyl (C=O) groups excluding carboxylic acids is 1. The van der Waals surface area contributed by atoms with Crippen LogP contribution in [0, 0.1) is 0 Å². The second-order valence-electron chi connectivity index (χ2n) is 4.36. The summed E-state index contributed by atoms with van der Waals surface area (Å²) in [5.74, 6) is 0.311. The van der Waals surface area contributed by atoms with Crippen LogP contribution >= 0.6 is 11.3 Å². The maximum absolute atomic E-state index is 11.9. The number of hydrogen-bond acceptors (Lipinski definition) is 5. The summed E-state index contributed by atoms with van der Waals surface area (Å²) in [7, 11) is 1.65. The third-order valence-corrected chi connectivity index (χ3v) is 3.79. The van der Waals surface area contributed by atoms with E-state index in [1.807, 2.05) is 12.3 Å². The van der Waals surface area contributed by atoms with Crippen LogP contribution in [0.3, 0.4) is 0 Å². The molecule has 3 N–H and O–H groups in total. The van der Waals surface area contributed by atoms with Gasteiger partial charge in [-0.05, 0) is 17.9 Å². The zero-order valence-electron chi connectivity index (χ0n) is 10.8. The topological polar surface area (TPSA) is 92.1 Å². The summed E-state index contributed by atoms with van der Waals surface area (Å²) in [6.07, 6.45) is 0.580. The van der Waals surface area contributed by atoms with E-state index in [2.05, 4.69) is 9.97 Å². The number of hydrogen-bond donors (Lipinski definition) is 2. The van der Waals surface area contributed by atoms with Gasteiger partial charge in [0.1, 0.15) is 10.5 Å². The van der Waals surface area contributed by atoms with E-state index in [9.17, 15) is 9.59 Å². The number of nitrogens with one attached hydrogen (secondary N) is 1. The SMILES string of the molecule is CCC(N)C(=O)N(C)Cc1nc2ccsc2c(=O)[nH]1. The van der Waals surface area contributed by atoms with Crippen molar-refractivity contribution in [3.63, 3.8) is 0 Å². The Balaban J connectivity index is 2.21. The number of aromatic nitrogens is 2. The molecule has 102 valence electrons. The molecule has 0 saturated carbocycles. The fourth-order valence-corrected chi connectivity index (χ4v) is 2.48. The van der Waals surface area contributed by atoms with Crippen LogP contribution < -0.4 is 11.3 Å². The van der Waals surface area contributed by atoms with Gasteiger partial charge < -0.3 is 15.6 Å². The number of aromatic amines is 1. The Kier molecular flexibility index (Phi) is 3.96. The van der Waals surface area contributed by atoms with E-state index in [1.165, 1.54) is 16.2 Å². The average molecular weight is 280 g/mol. The minimum absolute atomic E-state index is 0.157. The van der Waals surface area contributed by atoms with Gasteiger partial charge in [0.25, 0.3) is 5.56 Å². The first-order valence-corrected chi connectivity index (χ1v) is 6.87. The molecular weight excluding hydrogens is 264 g/mol. The lowest BCUT2D eigenvalue weighted by Crippen LogP contribution is -2.41. The van der Waals surface area contributed by atoms with E-state index in [-0.39, 0.29) is 18.0 Å². The molecule has 0 fully saturated rings. The first kappa shape index (κ1) is 13.7. The van der Waals surface area contributed by atoms with Crippen LogP contribution in [-0.2, 0) is 11.3 Å². The molecule has 0 aliphatic rings. The molecule has 0 aliphatic carbocycles. The predicted molar refractivity (Wildman–Crippen MR) is 75.0 cm³/mol. The molecule has 0 aliphatic heterocycles. The summed E-state index contributed by atoms with van der Waals surface area (Å²) in [6, 6.07) is 1.28. The van der Waals surface area contributed by atoms with Gasteiger partial charge in [0.05, 0.1) is 18.1 Å². The van der Waals surface area contributed by atoms with E-state index in [0.29, 0.717) is 22.5 Å². The van der Waals surface area contributed by atoms with Crippen molar-refractivity contribution in [2.75, 3.05) is 7.05 Å². The zero-order valence-corrected chi connectivity index (χ0v) is 11.7. The van der Waals surface area contributed by atoms with Crippen molar-refractivity contribution in [2.45, 2.75) is 25.9 Å². The smallest absolute Gasteiger partial charge is 0.268 e. The number of amides is 1. The second kappa shape index (κ2) is 5.50. The quantitative estimate of drug-likeness (QED) is 0.861. The molecule has 0 aromatic carbocycles. The van der Waals surface area contributed by atoms with E-state index in [1.54, 1.807) is 13.1 Å². The Morgan fingerprint density at radius 3 is 3.05 bits per heavy atom. The lowest BCUT2D eigenvalue weighted by molar-refractivity contribution is -0.131. The van der Waals surface area contributed by atoms with Crippen molar-refractivity contribution in [3.8, 4) is 0 Å². The molecule has 1 atom stereocenters. The molecule has 2 aromatic rings. The number of nitrogens with zero attached hydrogens (tertiary/aromatic N) is 2. The van der Waals surface area contributed by atoms with Gasteiger partial charge in [0, 0.05) is 7.05 Å². The second-order valence-corrected chi connectivity index (χ2v) is 5.27. The van der Waals surface area contributed by atoms with Crippen LogP contribution in [0.1, 0.15) is 19.2 Å². The van der Waals surface area contributed by atoms with E-state index >= 15 is 0 Å². The largest absolute Gasteiger partial charge is 0.337 e. The van der Waals surface area contributed by atoms with E-state index in [0.717, 1.165) is 0 Å². The molecule has 2 heterocycles. The summed E-state index contributed by atoms with van der Waals surface area (Å²) in [5, 5.41) is 1.82. The number of thiophene rings is 1. The van der Waals surface area contributed by atoms with Gasteiger partial charge in [0.15, 0.2) is 0 Å². The minimum atomic E-state index is -0.512. The molecule has 1 amide bonds. The highest BCUT2D eigenvalue weighted by Gasteiger charge is 2.17. The van der Waals surface area contributed by atoms with Crippen molar-refractivity contribution in [1.29, 1.82) is 0 Å². The van der Waals surface area contributed by atoms with Crippen molar-refractivity contribution in [3.05, 3.63) is 27.6 Å². The van der Waals surface area contributed by atoms with Gasteiger partial charge >= 0.3 is 0 Å². The fraction of sp³-hybridized carbons (Fsp3) is 0.417. The lowest BCUT2D eigenvalue weighted by atomic mass is 10.2. The molecule has 1 unspecified atom stereocenters. The predicted octanol–water partition coefficient (Wildman–Crippen LogP) is 0.680. The Hall–Kier alpha value is -1.73. The fourth-order valence-electron chi connectivity index (χ4n) is 1.76. The van der Waals surface area contributed by atoms with Crippen LogP contribution in [0.25, 0.3) is 10.2 Å². The summed E-state index contributed by atoms with van der Waals surface area (Å²) in [6.45, 7) is 2.10. The van der Waals surface area contributed by atoms with Crippen molar-refractivity contribution < 1.29 is 4.79 Å². The Morgan fingerprint density at radius 1 is 1.63 bits per heavy atom. The first-order chi connectivity index (χ1) is 9.02. The summed E-state index contributed by atoms with van der Waals surface area (Å²) in [5.41, 5.74) is 6.18. The zero-order chi connectivity index (χ0) is 14.0. The molecular formula is C12H16N4O2S. The Morgan fingerprint density at radius 2 is 2.37 bits per heavy atom. The highest BCUT2D eigenvalue weighted by Crippen LogP contribution is 2.14. The van der Waals surface area contributed by atoms with Crippen molar-refractivity contribution in [2.24, 2.45) is 5.73 Å². The van der Waals surface area contributed by atoms with Crippen molar-refractivity contribution in [1.82, 2.24) is 14.9 Å². The van der Waals surface area contributed by atoms with E-state index < -0.39 is 6.04 Å². The average Bonchev–Trinajstić information content (AvgIpc) is 2.85. The van der Waals surface area contributed by atoms with Crippen LogP contribution in [0.4, 0.5) is 0 Å². The van der Waals surface area contributed by atoms with Gasteiger partial charge in [-0.15, -0.1) is 11.3 Å². The van der Waals surface area contributed by atoms with Gasteiger partial charge in [-0.2, -0.15) is 0 Å². The standard InChI is InChI=1S/C12H16N4O2S/c1-3-7(13)12(18)16(2)6-9-14-8-4-5-19-10(8)11(17)15-9/h4-5,7H,3,6,13H2,1-2H3,(H,14,15,17). The highest BCUT2D eigenvalue weighted by molar-refractivity contribution is 7.17. The molecule has 19 heavy (non-hydrogen) atoms. The van der Waals surface area contributed by atoms with Crippen LogP contribution in [-0.4, -0.2) is 33.9 Å². The molecule has 2 aromatic heterocycles. The third-order valence-electron chi connectivity index (χ3n) is 2.88. The first-order valence-electron chi connectivity index (χ1n) is 6.00. The number of carbonyl (C=O) groups is 1. The van der Waals surface area contributed by atoms with Gasteiger partial charge in [-0.3, -0.25) is 9.59 Å². The van der Waals surface area contributed by atoms with Crippen LogP contribution in [0.2, 0.25) is 0 Å². The minimum Gasteiger partial charge on any atom is -0.337 e. The molecule has 0 saturated heterocycles. The van der Waals surface area contributed by atoms with Crippen LogP contribution in [0.5, 0.6) is 0 Å². The number of H-pyrrole nitrogens is 1. The lowest BCUT2D eigenvalue weighted by Gasteiger charge is -2.19. The normalized spacial score (nSPS) is 12.6. The van der Waals surface area contributed by atoms with Gasteiger partial charge in [-0.1, -0.05) is 6.92 Å². The number of rotatable bonds is 4. The number of likely N-dealkylation sites (N-methyl/N-ethyl adjacent to an activating group) is 1. The molecule has 0 spiro atoms. The molecule has 0 radical (unpaired) electrons. The maximum Gasteiger partial charge on any atom is 0.268 e. The molecule has 0 bridgehead atoms. The summed E-state index contributed by atoms with van der Waals surface area (Å²) < 4.78 is 0.600. The monoisotopic (exact) mass is 280 g/mol. The summed E-state index contributed by atoms with van der Waals surface area (Å²) in [4.78, 5) is 32.1.